The van der Waals surface area contributed by atoms with Crippen LogP contribution >= 0.6 is 22.6 Å². The number of hydrogen-bond donors (Lipinski definition) is 0. The van der Waals surface area contributed by atoms with Crippen molar-refractivity contribution in [1.29, 1.82) is 0 Å². The minimum Gasteiger partial charge on any atom is -0.408 e. The van der Waals surface area contributed by atoms with E-state index in [1.165, 1.54) is 5.56 Å². The molecule has 0 aliphatic heterocycles. The van der Waals surface area contributed by atoms with Gasteiger partial charge in [-0.1, -0.05) is 31.2 Å². The Bertz CT molecular complexity index is 799. The molecule has 1 aromatic heterocycles. The Morgan fingerprint density at radius 1 is 1.10 bits per heavy atom. The first-order valence-electron chi connectivity index (χ1n) is 6.54. The molecule has 3 aromatic rings. The number of benzene rings is 2. The van der Waals surface area contributed by atoms with Crippen LogP contribution in [-0.4, -0.2) is 4.57 Å². The lowest BCUT2D eigenvalue weighted by Gasteiger charge is -2.04. The van der Waals surface area contributed by atoms with Crippen LogP contribution < -0.4 is 5.76 Å². The summed E-state index contributed by atoms with van der Waals surface area (Å²) in [5.74, 6) is -0.304. The van der Waals surface area contributed by atoms with Gasteiger partial charge in [-0.3, -0.25) is 4.57 Å². The van der Waals surface area contributed by atoms with Crippen LogP contribution in [0.2, 0.25) is 0 Å². The standard InChI is InChI=1S/C16H14INO2/c1-2-11-3-5-12(6-4-11)10-18-14-9-13(17)7-8-15(14)20-16(18)19/h3-9H,2,10H2,1H3. The number of aromatic nitrogens is 1. The van der Waals surface area contributed by atoms with Crippen molar-refractivity contribution >= 4 is 33.7 Å². The van der Waals surface area contributed by atoms with E-state index in [4.69, 9.17) is 4.42 Å². The van der Waals surface area contributed by atoms with Crippen molar-refractivity contribution in [1.82, 2.24) is 4.57 Å². The molecule has 0 fully saturated rings. The van der Waals surface area contributed by atoms with E-state index in [9.17, 15) is 4.79 Å². The zero-order chi connectivity index (χ0) is 14.1. The van der Waals surface area contributed by atoms with Gasteiger partial charge in [-0.25, -0.2) is 4.79 Å². The molecule has 3 nitrogen and oxygen atoms in total. The Morgan fingerprint density at radius 2 is 1.80 bits per heavy atom. The Hall–Kier alpha value is -1.56. The molecule has 0 amide bonds. The second-order valence-electron chi connectivity index (χ2n) is 4.74. The minimum absolute atomic E-state index is 0.304. The van der Waals surface area contributed by atoms with Crippen molar-refractivity contribution in [3.8, 4) is 0 Å². The summed E-state index contributed by atoms with van der Waals surface area (Å²) in [7, 11) is 0. The molecule has 0 radical (unpaired) electrons. The largest absolute Gasteiger partial charge is 0.420 e. The molecule has 0 aliphatic carbocycles. The van der Waals surface area contributed by atoms with Gasteiger partial charge in [-0.15, -0.1) is 0 Å². The highest BCUT2D eigenvalue weighted by atomic mass is 127. The molecule has 0 N–H and O–H groups in total. The van der Waals surface area contributed by atoms with E-state index in [1.807, 2.05) is 18.2 Å². The normalized spacial score (nSPS) is 11.1. The van der Waals surface area contributed by atoms with Gasteiger partial charge in [-0.05, 0) is 58.3 Å². The van der Waals surface area contributed by atoms with Gasteiger partial charge < -0.3 is 4.42 Å². The fourth-order valence-corrected chi connectivity index (χ4v) is 2.72. The predicted octanol–water partition coefficient (Wildman–Crippen LogP) is 3.81. The summed E-state index contributed by atoms with van der Waals surface area (Å²) in [6.45, 7) is 2.67. The monoisotopic (exact) mass is 379 g/mol. The average Bonchev–Trinajstić information content (AvgIpc) is 2.76. The summed E-state index contributed by atoms with van der Waals surface area (Å²) >= 11 is 2.24. The van der Waals surface area contributed by atoms with Gasteiger partial charge in [0.15, 0.2) is 5.58 Å². The number of fused-ring (bicyclic) bond motifs is 1. The second-order valence-corrected chi connectivity index (χ2v) is 5.98. The molecule has 4 heteroatoms. The zero-order valence-electron chi connectivity index (χ0n) is 11.1. The van der Waals surface area contributed by atoms with E-state index >= 15 is 0 Å². The van der Waals surface area contributed by atoms with Crippen molar-refractivity contribution in [2.45, 2.75) is 19.9 Å². The van der Waals surface area contributed by atoms with Crippen molar-refractivity contribution in [3.63, 3.8) is 0 Å². The fraction of sp³-hybridized carbons (Fsp3) is 0.188. The molecule has 2 aromatic carbocycles. The third-order valence-corrected chi connectivity index (χ3v) is 4.07. The lowest BCUT2D eigenvalue weighted by molar-refractivity contribution is 0.517. The number of nitrogens with zero attached hydrogens (tertiary/aromatic N) is 1. The van der Waals surface area contributed by atoms with Crippen LogP contribution in [0.1, 0.15) is 18.1 Å². The van der Waals surface area contributed by atoms with E-state index in [1.54, 1.807) is 4.57 Å². The van der Waals surface area contributed by atoms with Crippen LogP contribution in [-0.2, 0) is 13.0 Å². The lowest BCUT2D eigenvalue weighted by Crippen LogP contribution is -2.14. The summed E-state index contributed by atoms with van der Waals surface area (Å²) in [6.07, 6.45) is 1.02. The number of hydrogen-bond acceptors (Lipinski definition) is 2. The number of aryl methyl sites for hydroxylation is 1. The van der Waals surface area contributed by atoms with E-state index in [0.29, 0.717) is 12.1 Å². The summed E-state index contributed by atoms with van der Waals surface area (Å²) in [5.41, 5.74) is 3.89. The second kappa shape index (κ2) is 5.44. The molecular weight excluding hydrogens is 365 g/mol. The summed E-state index contributed by atoms with van der Waals surface area (Å²) < 4.78 is 8.04. The van der Waals surface area contributed by atoms with Gasteiger partial charge in [0.25, 0.3) is 0 Å². The van der Waals surface area contributed by atoms with E-state index in [-0.39, 0.29) is 5.76 Å². The quantitative estimate of drug-likeness (QED) is 0.649. The van der Waals surface area contributed by atoms with E-state index in [2.05, 4.69) is 53.8 Å². The van der Waals surface area contributed by atoms with Crippen molar-refractivity contribution in [2.75, 3.05) is 0 Å². The van der Waals surface area contributed by atoms with Crippen molar-refractivity contribution in [2.24, 2.45) is 0 Å². The summed E-state index contributed by atoms with van der Waals surface area (Å²) in [5, 5.41) is 0. The van der Waals surface area contributed by atoms with Gasteiger partial charge in [0.05, 0.1) is 12.1 Å². The molecule has 102 valence electrons. The molecule has 1 heterocycles. The van der Waals surface area contributed by atoms with E-state index in [0.717, 1.165) is 21.1 Å². The molecule has 0 saturated carbocycles. The van der Waals surface area contributed by atoms with Crippen LogP contribution in [0.4, 0.5) is 0 Å². The first kappa shape index (κ1) is 13.4. The van der Waals surface area contributed by atoms with Crippen LogP contribution in [0.5, 0.6) is 0 Å². The predicted molar refractivity (Wildman–Crippen MR) is 88.1 cm³/mol. The zero-order valence-corrected chi connectivity index (χ0v) is 13.3. The average molecular weight is 379 g/mol. The molecule has 0 atom stereocenters. The van der Waals surface area contributed by atoms with Crippen LogP contribution in [0.15, 0.2) is 51.7 Å². The Kier molecular flexibility index (Phi) is 3.65. The smallest absolute Gasteiger partial charge is 0.408 e. The molecule has 0 spiro atoms. The first-order chi connectivity index (χ1) is 9.67. The SMILES string of the molecule is CCc1ccc(Cn2c(=O)oc3ccc(I)cc32)cc1. The third-order valence-electron chi connectivity index (χ3n) is 3.40. The number of halogens is 1. The first-order valence-corrected chi connectivity index (χ1v) is 7.62. The molecule has 3 rings (SSSR count). The number of rotatable bonds is 3. The van der Waals surface area contributed by atoms with Gasteiger partial charge >= 0.3 is 5.76 Å². The Balaban J connectivity index is 2.03. The molecule has 0 saturated heterocycles. The van der Waals surface area contributed by atoms with Gasteiger partial charge in [0.1, 0.15) is 0 Å². The van der Waals surface area contributed by atoms with Crippen LogP contribution in [0.3, 0.4) is 0 Å². The Morgan fingerprint density at radius 3 is 2.50 bits per heavy atom. The summed E-state index contributed by atoms with van der Waals surface area (Å²) in [6, 6.07) is 14.1. The molecule has 20 heavy (non-hydrogen) atoms. The third kappa shape index (κ3) is 2.52. The van der Waals surface area contributed by atoms with Crippen LogP contribution in [0.25, 0.3) is 11.1 Å². The molecule has 0 bridgehead atoms. The molecule has 0 unspecified atom stereocenters. The number of oxazole rings is 1. The fourth-order valence-electron chi connectivity index (χ4n) is 2.25. The lowest BCUT2D eigenvalue weighted by atomic mass is 10.1. The highest BCUT2D eigenvalue weighted by molar-refractivity contribution is 14.1. The maximum atomic E-state index is 12.0. The minimum atomic E-state index is -0.304. The van der Waals surface area contributed by atoms with Crippen molar-refractivity contribution < 1.29 is 4.42 Å². The topological polar surface area (TPSA) is 35.1 Å². The van der Waals surface area contributed by atoms with Crippen molar-refractivity contribution in [3.05, 3.63) is 67.7 Å². The van der Waals surface area contributed by atoms with E-state index < -0.39 is 0 Å². The summed E-state index contributed by atoms with van der Waals surface area (Å²) in [4.78, 5) is 12.0. The molecular formula is C16H14INO2. The van der Waals surface area contributed by atoms with Gasteiger partial charge in [0.2, 0.25) is 0 Å². The maximum Gasteiger partial charge on any atom is 0.420 e. The highest BCUT2D eigenvalue weighted by Gasteiger charge is 2.09. The van der Waals surface area contributed by atoms with Gasteiger partial charge in [-0.2, -0.15) is 0 Å². The molecule has 0 aliphatic rings. The maximum absolute atomic E-state index is 12.0. The highest BCUT2D eigenvalue weighted by Crippen LogP contribution is 2.17. The Labute approximate surface area is 130 Å². The van der Waals surface area contributed by atoms with Crippen LogP contribution in [0, 0.1) is 3.57 Å². The van der Waals surface area contributed by atoms with Gasteiger partial charge in [0, 0.05) is 3.57 Å².